The number of fused-ring (bicyclic) bond motifs is 3. The molecule has 1 atom stereocenters. The van der Waals surface area contributed by atoms with Crippen LogP contribution in [-0.2, 0) is 6.42 Å². The maximum atomic E-state index is 5.70. The van der Waals surface area contributed by atoms with Gasteiger partial charge in [0.05, 0.1) is 19.8 Å². The van der Waals surface area contributed by atoms with Crippen molar-refractivity contribution in [3.8, 4) is 11.5 Å². The minimum absolute atomic E-state index is 0.171. The second-order valence-corrected chi connectivity index (χ2v) is 6.98. The van der Waals surface area contributed by atoms with E-state index in [1.165, 1.54) is 38.9 Å². The number of hydrogen-bond donors (Lipinski definition) is 2. The van der Waals surface area contributed by atoms with Crippen LogP contribution < -0.4 is 14.8 Å². The largest absolute Gasteiger partial charge is 0.496 e. The zero-order valence-electron chi connectivity index (χ0n) is 15.9. The number of hydrogen-bond acceptors (Lipinski definition) is 3. The molecule has 0 fully saturated rings. The number of rotatable bonds is 4. The monoisotopic (exact) mass is 350 g/mol. The van der Waals surface area contributed by atoms with Gasteiger partial charge in [-0.2, -0.15) is 0 Å². The normalized spacial score (nSPS) is 16.5. The van der Waals surface area contributed by atoms with Crippen LogP contribution in [0, 0.1) is 13.8 Å². The summed E-state index contributed by atoms with van der Waals surface area (Å²) >= 11 is 0. The highest BCUT2D eigenvalue weighted by molar-refractivity contribution is 5.86. The summed E-state index contributed by atoms with van der Waals surface area (Å²) in [6.07, 6.45) is 1.02. The molecule has 136 valence electrons. The van der Waals surface area contributed by atoms with E-state index in [0.29, 0.717) is 6.61 Å². The Morgan fingerprint density at radius 1 is 1.12 bits per heavy atom. The maximum Gasteiger partial charge on any atom is 0.124 e. The van der Waals surface area contributed by atoms with Gasteiger partial charge in [0.1, 0.15) is 11.5 Å². The molecular weight excluding hydrogens is 324 g/mol. The summed E-state index contributed by atoms with van der Waals surface area (Å²) < 4.78 is 11.2. The molecule has 3 aromatic rings. The maximum absolute atomic E-state index is 5.70. The number of ether oxygens (including phenoxy) is 2. The lowest BCUT2D eigenvalue weighted by atomic mass is 9.92. The minimum atomic E-state index is 0.171. The summed E-state index contributed by atoms with van der Waals surface area (Å²) in [5, 5.41) is 4.96. The quantitative estimate of drug-likeness (QED) is 0.732. The zero-order chi connectivity index (χ0) is 18.3. The van der Waals surface area contributed by atoms with Crippen molar-refractivity contribution in [2.45, 2.75) is 33.2 Å². The van der Waals surface area contributed by atoms with E-state index >= 15 is 0 Å². The summed E-state index contributed by atoms with van der Waals surface area (Å²) in [7, 11) is 1.74. The van der Waals surface area contributed by atoms with Crippen LogP contribution in [0.2, 0.25) is 0 Å². The third kappa shape index (κ3) is 2.74. The van der Waals surface area contributed by atoms with Crippen molar-refractivity contribution in [1.82, 2.24) is 10.3 Å². The number of aryl methyl sites for hydroxylation is 2. The Hall–Kier alpha value is -2.46. The molecule has 1 aromatic heterocycles. The van der Waals surface area contributed by atoms with Gasteiger partial charge in [-0.1, -0.05) is 12.1 Å². The van der Waals surface area contributed by atoms with E-state index in [0.717, 1.165) is 24.5 Å². The fourth-order valence-corrected chi connectivity index (χ4v) is 4.22. The molecular formula is C22H26N2O2. The predicted octanol–water partition coefficient (Wildman–Crippen LogP) is 4.43. The van der Waals surface area contributed by atoms with E-state index in [2.05, 4.69) is 48.4 Å². The van der Waals surface area contributed by atoms with Crippen LogP contribution >= 0.6 is 0 Å². The zero-order valence-corrected chi connectivity index (χ0v) is 15.9. The molecule has 4 nitrogen and oxygen atoms in total. The molecule has 1 unspecified atom stereocenters. The van der Waals surface area contributed by atoms with Gasteiger partial charge in [-0.25, -0.2) is 0 Å². The van der Waals surface area contributed by atoms with Crippen molar-refractivity contribution in [3.63, 3.8) is 0 Å². The second-order valence-electron chi connectivity index (χ2n) is 6.98. The lowest BCUT2D eigenvalue weighted by molar-refractivity contribution is 0.340. The average Bonchev–Trinajstić information content (AvgIpc) is 3.00. The van der Waals surface area contributed by atoms with Crippen molar-refractivity contribution in [2.75, 3.05) is 20.3 Å². The Morgan fingerprint density at radius 2 is 1.88 bits per heavy atom. The molecule has 0 radical (unpaired) electrons. The molecule has 0 aliphatic carbocycles. The first-order chi connectivity index (χ1) is 12.6. The fraction of sp³-hybridized carbons (Fsp3) is 0.364. The van der Waals surface area contributed by atoms with E-state index < -0.39 is 0 Å². The molecule has 4 rings (SSSR count). The Kier molecular flexibility index (Phi) is 4.37. The molecule has 26 heavy (non-hydrogen) atoms. The Morgan fingerprint density at radius 3 is 2.58 bits per heavy atom. The molecule has 0 saturated heterocycles. The van der Waals surface area contributed by atoms with Crippen LogP contribution in [0.1, 0.15) is 40.9 Å². The second kappa shape index (κ2) is 6.69. The summed E-state index contributed by atoms with van der Waals surface area (Å²) in [6, 6.07) is 11.0. The number of aromatic nitrogens is 1. The molecule has 2 aromatic carbocycles. The lowest BCUT2D eigenvalue weighted by Crippen LogP contribution is -2.30. The van der Waals surface area contributed by atoms with Crippen molar-refractivity contribution in [3.05, 3.63) is 58.3 Å². The van der Waals surface area contributed by atoms with Gasteiger partial charge in [-0.05, 0) is 67.6 Å². The summed E-state index contributed by atoms with van der Waals surface area (Å²) in [5.74, 6) is 1.91. The van der Waals surface area contributed by atoms with Crippen LogP contribution in [0.15, 0.2) is 30.3 Å². The highest BCUT2D eigenvalue weighted by Gasteiger charge is 2.26. The van der Waals surface area contributed by atoms with Gasteiger partial charge in [0.25, 0.3) is 0 Å². The standard InChI is InChI=1S/C22H26N2O2/c1-5-26-16-6-7-19-18(12-16)17-8-9-23-20(21(17)24-19)15-10-13(2)22(25-4)14(3)11-15/h6-7,10-12,20,23-24H,5,8-9H2,1-4H3. The molecule has 0 saturated carbocycles. The van der Waals surface area contributed by atoms with Crippen LogP contribution in [0.5, 0.6) is 11.5 Å². The molecule has 0 amide bonds. The molecule has 0 spiro atoms. The van der Waals surface area contributed by atoms with Crippen LogP contribution in [0.4, 0.5) is 0 Å². The van der Waals surface area contributed by atoms with E-state index in [4.69, 9.17) is 9.47 Å². The van der Waals surface area contributed by atoms with Crippen LogP contribution in [0.25, 0.3) is 10.9 Å². The number of benzene rings is 2. The third-order valence-corrected chi connectivity index (χ3v) is 5.25. The number of nitrogens with one attached hydrogen (secondary N) is 2. The third-order valence-electron chi connectivity index (χ3n) is 5.25. The minimum Gasteiger partial charge on any atom is -0.496 e. The SMILES string of the molecule is CCOc1ccc2[nH]c3c(c2c1)CCNC3c1cc(C)c(OC)c(C)c1. The number of H-pyrrole nitrogens is 1. The fourth-order valence-electron chi connectivity index (χ4n) is 4.22. The summed E-state index contributed by atoms with van der Waals surface area (Å²) in [6.45, 7) is 7.89. The molecule has 0 bridgehead atoms. The predicted molar refractivity (Wildman–Crippen MR) is 105 cm³/mol. The van der Waals surface area contributed by atoms with Gasteiger partial charge in [0, 0.05) is 23.1 Å². The van der Waals surface area contributed by atoms with Crippen molar-refractivity contribution in [1.29, 1.82) is 0 Å². The lowest BCUT2D eigenvalue weighted by Gasteiger charge is -2.26. The van der Waals surface area contributed by atoms with Gasteiger partial charge in [0.2, 0.25) is 0 Å². The Labute approximate surface area is 154 Å². The highest BCUT2D eigenvalue weighted by atomic mass is 16.5. The summed E-state index contributed by atoms with van der Waals surface area (Å²) in [5.41, 5.74) is 7.46. The van der Waals surface area contributed by atoms with Crippen molar-refractivity contribution < 1.29 is 9.47 Å². The first-order valence-corrected chi connectivity index (χ1v) is 9.28. The van der Waals surface area contributed by atoms with E-state index in [9.17, 15) is 0 Å². The molecule has 4 heteroatoms. The molecule has 2 heterocycles. The first-order valence-electron chi connectivity index (χ1n) is 9.28. The topological polar surface area (TPSA) is 46.3 Å². The van der Waals surface area contributed by atoms with Gasteiger partial charge >= 0.3 is 0 Å². The van der Waals surface area contributed by atoms with Crippen molar-refractivity contribution in [2.24, 2.45) is 0 Å². The molecule has 1 aliphatic heterocycles. The summed E-state index contributed by atoms with van der Waals surface area (Å²) in [4.78, 5) is 3.65. The number of aromatic amines is 1. The van der Waals surface area contributed by atoms with Crippen molar-refractivity contribution >= 4 is 10.9 Å². The first kappa shape index (κ1) is 17.0. The van der Waals surface area contributed by atoms with E-state index in [1.807, 2.05) is 13.0 Å². The van der Waals surface area contributed by atoms with Gasteiger partial charge in [0.15, 0.2) is 0 Å². The van der Waals surface area contributed by atoms with Gasteiger partial charge < -0.3 is 19.8 Å². The molecule has 1 aliphatic rings. The van der Waals surface area contributed by atoms with Crippen LogP contribution in [-0.4, -0.2) is 25.2 Å². The van der Waals surface area contributed by atoms with Crippen LogP contribution in [0.3, 0.4) is 0 Å². The number of methoxy groups -OCH3 is 1. The average molecular weight is 350 g/mol. The van der Waals surface area contributed by atoms with E-state index in [1.54, 1.807) is 7.11 Å². The van der Waals surface area contributed by atoms with Gasteiger partial charge in [-0.3, -0.25) is 0 Å². The van der Waals surface area contributed by atoms with E-state index in [-0.39, 0.29) is 6.04 Å². The Bertz CT molecular complexity index is 935. The highest BCUT2D eigenvalue weighted by Crippen LogP contribution is 2.37. The smallest absolute Gasteiger partial charge is 0.124 e. The molecule has 2 N–H and O–H groups in total. The van der Waals surface area contributed by atoms with Gasteiger partial charge in [-0.15, -0.1) is 0 Å². The Balaban J connectivity index is 1.82.